The maximum atomic E-state index is 7.94. The van der Waals surface area contributed by atoms with E-state index in [-0.39, 0.29) is 6.29 Å². The van der Waals surface area contributed by atoms with Gasteiger partial charge in [-0.2, -0.15) is 0 Å². The van der Waals surface area contributed by atoms with Crippen LogP contribution in [0.25, 0.3) is 0 Å². The molecule has 0 spiro atoms. The second kappa shape index (κ2) is 6.95. The van der Waals surface area contributed by atoms with Crippen LogP contribution in [0, 0.1) is 0 Å². The maximum Gasteiger partial charge on any atom is 0.156 e. The molecule has 0 aromatic rings. The lowest BCUT2D eigenvalue weighted by Gasteiger charge is -2.11. The normalized spacial score (nSPS) is 10.8. The third-order valence-corrected chi connectivity index (χ3v) is 1.20. The Kier molecular flexibility index (Phi) is 6.84. The van der Waals surface area contributed by atoms with Gasteiger partial charge in [-0.25, -0.2) is 4.89 Å². The highest BCUT2D eigenvalue weighted by Crippen LogP contribution is 2.00. The van der Waals surface area contributed by atoms with Crippen molar-refractivity contribution in [1.82, 2.24) is 0 Å². The van der Waals surface area contributed by atoms with Crippen LogP contribution in [0.5, 0.6) is 0 Å². The SMILES string of the molecule is COC(CCCOO)OC. The van der Waals surface area contributed by atoms with E-state index in [1.54, 1.807) is 14.2 Å². The first kappa shape index (κ1) is 9.84. The molecule has 0 aliphatic heterocycles. The summed E-state index contributed by atoms with van der Waals surface area (Å²) in [7, 11) is 3.15. The number of hydrogen-bond donors (Lipinski definition) is 1. The maximum absolute atomic E-state index is 7.94. The van der Waals surface area contributed by atoms with Crippen molar-refractivity contribution in [3.63, 3.8) is 0 Å². The fourth-order valence-corrected chi connectivity index (χ4v) is 0.646. The van der Waals surface area contributed by atoms with Gasteiger partial charge >= 0.3 is 0 Å². The number of hydrogen-bond acceptors (Lipinski definition) is 4. The van der Waals surface area contributed by atoms with Crippen molar-refractivity contribution in [1.29, 1.82) is 0 Å². The number of methoxy groups -OCH3 is 2. The van der Waals surface area contributed by atoms with Crippen LogP contribution in [0.15, 0.2) is 0 Å². The van der Waals surface area contributed by atoms with E-state index in [1.165, 1.54) is 0 Å². The third-order valence-electron chi connectivity index (χ3n) is 1.20. The first-order valence-corrected chi connectivity index (χ1v) is 3.17. The zero-order valence-electron chi connectivity index (χ0n) is 6.37. The standard InChI is InChI=1S/C6H14O4/c1-8-6(9-2)4-3-5-10-7/h6-7H,3-5H2,1-2H3. The fourth-order valence-electron chi connectivity index (χ4n) is 0.646. The molecule has 0 aromatic heterocycles. The lowest BCUT2D eigenvalue weighted by atomic mass is 10.3. The van der Waals surface area contributed by atoms with Crippen molar-refractivity contribution >= 4 is 0 Å². The zero-order chi connectivity index (χ0) is 7.82. The van der Waals surface area contributed by atoms with Crippen molar-refractivity contribution in [2.75, 3.05) is 20.8 Å². The van der Waals surface area contributed by atoms with E-state index in [0.717, 1.165) is 12.8 Å². The Hall–Kier alpha value is -0.160. The molecule has 0 saturated carbocycles. The van der Waals surface area contributed by atoms with Gasteiger partial charge in [-0.15, -0.1) is 0 Å². The van der Waals surface area contributed by atoms with E-state index in [0.29, 0.717) is 6.61 Å². The van der Waals surface area contributed by atoms with Crippen LogP contribution in [0.1, 0.15) is 12.8 Å². The Morgan fingerprint density at radius 1 is 1.30 bits per heavy atom. The van der Waals surface area contributed by atoms with Crippen LogP contribution in [0.2, 0.25) is 0 Å². The minimum Gasteiger partial charge on any atom is -0.356 e. The summed E-state index contributed by atoms with van der Waals surface area (Å²) in [6, 6.07) is 0. The highest BCUT2D eigenvalue weighted by molar-refractivity contribution is 4.42. The molecule has 0 rings (SSSR count). The summed E-state index contributed by atoms with van der Waals surface area (Å²) in [5.74, 6) is 0. The molecule has 62 valence electrons. The molecular formula is C6H14O4. The average Bonchev–Trinajstić information content (AvgIpc) is 1.99. The van der Waals surface area contributed by atoms with Gasteiger partial charge in [0, 0.05) is 20.6 Å². The molecule has 0 heterocycles. The molecule has 4 heteroatoms. The molecule has 0 amide bonds. The van der Waals surface area contributed by atoms with Crippen LogP contribution < -0.4 is 0 Å². The molecule has 0 aromatic carbocycles. The van der Waals surface area contributed by atoms with Crippen LogP contribution in [0.3, 0.4) is 0 Å². The molecule has 0 unspecified atom stereocenters. The molecule has 0 aliphatic rings. The lowest BCUT2D eigenvalue weighted by molar-refractivity contribution is -0.245. The molecule has 0 bridgehead atoms. The highest BCUT2D eigenvalue weighted by atomic mass is 17.1. The molecule has 0 aliphatic carbocycles. The Morgan fingerprint density at radius 2 is 1.90 bits per heavy atom. The second-order valence-electron chi connectivity index (χ2n) is 1.88. The Labute approximate surface area is 60.6 Å². The quantitative estimate of drug-likeness (QED) is 0.264. The fraction of sp³-hybridized carbons (Fsp3) is 1.00. The van der Waals surface area contributed by atoms with Gasteiger partial charge in [-0.3, -0.25) is 5.26 Å². The van der Waals surface area contributed by atoms with E-state index in [4.69, 9.17) is 14.7 Å². The van der Waals surface area contributed by atoms with Gasteiger partial charge in [0.25, 0.3) is 0 Å². The summed E-state index contributed by atoms with van der Waals surface area (Å²) in [6.07, 6.45) is 1.27. The molecule has 0 atom stereocenters. The molecule has 0 saturated heterocycles. The Balaban J connectivity index is 3.09. The van der Waals surface area contributed by atoms with Crippen LogP contribution in [0.4, 0.5) is 0 Å². The van der Waals surface area contributed by atoms with Crippen molar-refractivity contribution in [3.05, 3.63) is 0 Å². The topological polar surface area (TPSA) is 47.9 Å². The summed E-state index contributed by atoms with van der Waals surface area (Å²) < 4.78 is 9.77. The third kappa shape index (κ3) is 4.69. The summed E-state index contributed by atoms with van der Waals surface area (Å²) in [4.78, 5) is 3.87. The second-order valence-corrected chi connectivity index (χ2v) is 1.88. The van der Waals surface area contributed by atoms with Crippen molar-refractivity contribution in [2.24, 2.45) is 0 Å². The number of ether oxygens (including phenoxy) is 2. The molecule has 4 nitrogen and oxygen atoms in total. The summed E-state index contributed by atoms with van der Waals surface area (Å²) in [6.45, 7) is 0.323. The van der Waals surface area contributed by atoms with Gasteiger partial charge in [-0.05, 0) is 6.42 Å². The minimum atomic E-state index is -0.185. The monoisotopic (exact) mass is 150 g/mol. The minimum absolute atomic E-state index is 0.185. The zero-order valence-corrected chi connectivity index (χ0v) is 6.37. The highest BCUT2D eigenvalue weighted by Gasteiger charge is 2.02. The van der Waals surface area contributed by atoms with Crippen LogP contribution in [-0.2, 0) is 14.4 Å². The van der Waals surface area contributed by atoms with Crippen LogP contribution in [-0.4, -0.2) is 32.4 Å². The molecule has 0 fully saturated rings. The summed E-state index contributed by atoms with van der Waals surface area (Å²) in [5.41, 5.74) is 0. The smallest absolute Gasteiger partial charge is 0.156 e. The Morgan fingerprint density at radius 3 is 2.30 bits per heavy atom. The summed E-state index contributed by atoms with van der Waals surface area (Å²) in [5, 5.41) is 7.94. The molecule has 0 radical (unpaired) electrons. The largest absolute Gasteiger partial charge is 0.356 e. The molecule has 10 heavy (non-hydrogen) atoms. The predicted molar refractivity (Wildman–Crippen MR) is 35.6 cm³/mol. The van der Waals surface area contributed by atoms with Crippen molar-refractivity contribution < 1.29 is 19.6 Å². The van der Waals surface area contributed by atoms with Gasteiger partial charge < -0.3 is 9.47 Å². The average molecular weight is 150 g/mol. The van der Waals surface area contributed by atoms with Gasteiger partial charge in [0.2, 0.25) is 0 Å². The Bertz CT molecular complexity index is 62.8. The van der Waals surface area contributed by atoms with E-state index >= 15 is 0 Å². The van der Waals surface area contributed by atoms with E-state index in [1.807, 2.05) is 0 Å². The van der Waals surface area contributed by atoms with E-state index in [9.17, 15) is 0 Å². The van der Waals surface area contributed by atoms with Gasteiger partial charge in [-0.1, -0.05) is 0 Å². The molecule has 1 N–H and O–H groups in total. The van der Waals surface area contributed by atoms with Crippen molar-refractivity contribution in [3.8, 4) is 0 Å². The first-order valence-electron chi connectivity index (χ1n) is 3.17. The first-order chi connectivity index (χ1) is 4.85. The number of rotatable bonds is 6. The van der Waals surface area contributed by atoms with Crippen molar-refractivity contribution in [2.45, 2.75) is 19.1 Å². The van der Waals surface area contributed by atoms with E-state index in [2.05, 4.69) is 4.89 Å². The van der Waals surface area contributed by atoms with Gasteiger partial charge in [0.15, 0.2) is 6.29 Å². The van der Waals surface area contributed by atoms with E-state index < -0.39 is 0 Å². The van der Waals surface area contributed by atoms with Gasteiger partial charge in [0.1, 0.15) is 0 Å². The summed E-state index contributed by atoms with van der Waals surface area (Å²) >= 11 is 0. The predicted octanol–water partition coefficient (Wildman–Crippen LogP) is 0.875. The molecular weight excluding hydrogens is 136 g/mol. The van der Waals surface area contributed by atoms with Gasteiger partial charge in [0.05, 0.1) is 6.61 Å². The van der Waals surface area contributed by atoms with Crippen LogP contribution >= 0.6 is 0 Å². The lowest BCUT2D eigenvalue weighted by Crippen LogP contribution is -2.13.